The van der Waals surface area contributed by atoms with E-state index in [1.165, 1.54) is 25.3 Å². The molecule has 88 valence electrons. The second-order valence-corrected chi connectivity index (χ2v) is 3.42. The van der Waals surface area contributed by atoms with Gasteiger partial charge in [-0.1, -0.05) is 6.92 Å². The topological polar surface area (TPSA) is 81.5 Å². The van der Waals surface area contributed by atoms with E-state index in [1.807, 2.05) is 0 Å². The van der Waals surface area contributed by atoms with E-state index < -0.39 is 10.6 Å². The summed E-state index contributed by atoms with van der Waals surface area (Å²) in [6.45, 7) is 1.73. The van der Waals surface area contributed by atoms with Crippen LogP contribution in [-0.2, 0) is 9.53 Å². The maximum Gasteiger partial charge on any atom is 0.265 e. The van der Waals surface area contributed by atoms with Crippen LogP contribution in [0.4, 0.5) is 0 Å². The molecule has 0 bridgehead atoms. The number of nitrogens with one attached hydrogen (secondary N) is 1. The van der Waals surface area contributed by atoms with Crippen LogP contribution in [0.15, 0.2) is 23.9 Å². The van der Waals surface area contributed by atoms with Crippen molar-refractivity contribution >= 4 is 5.91 Å². The fourth-order valence-corrected chi connectivity index (χ4v) is 1.37. The maximum atomic E-state index is 11.3. The van der Waals surface area contributed by atoms with Gasteiger partial charge in [0.05, 0.1) is 4.92 Å². The zero-order chi connectivity index (χ0) is 12.2. The highest BCUT2D eigenvalue weighted by Gasteiger charge is 2.31. The summed E-state index contributed by atoms with van der Waals surface area (Å²) in [5.74, 6) is -0.163. The Morgan fingerprint density at radius 3 is 2.81 bits per heavy atom. The third kappa shape index (κ3) is 2.66. The van der Waals surface area contributed by atoms with Gasteiger partial charge in [-0.2, -0.15) is 0 Å². The van der Waals surface area contributed by atoms with Crippen molar-refractivity contribution in [2.45, 2.75) is 25.5 Å². The molecule has 1 aliphatic carbocycles. The predicted molar refractivity (Wildman–Crippen MR) is 57.0 cm³/mol. The van der Waals surface area contributed by atoms with Gasteiger partial charge in [0.1, 0.15) is 0 Å². The maximum absolute atomic E-state index is 11.3. The lowest BCUT2D eigenvalue weighted by atomic mass is 10.0. The Morgan fingerprint density at radius 1 is 1.75 bits per heavy atom. The summed E-state index contributed by atoms with van der Waals surface area (Å²) < 4.78 is 5.19. The Morgan fingerprint density at radius 2 is 2.44 bits per heavy atom. The third-order valence-corrected chi connectivity index (χ3v) is 2.38. The molecule has 0 aromatic carbocycles. The van der Waals surface area contributed by atoms with Gasteiger partial charge >= 0.3 is 0 Å². The fraction of sp³-hybridized carbons (Fsp3) is 0.500. The van der Waals surface area contributed by atoms with E-state index in [4.69, 9.17) is 4.74 Å². The van der Waals surface area contributed by atoms with E-state index in [0.717, 1.165) is 0 Å². The van der Waals surface area contributed by atoms with Crippen LogP contribution in [0.5, 0.6) is 0 Å². The second-order valence-electron chi connectivity index (χ2n) is 3.42. The molecular formula is C10H14N2O4. The molecule has 16 heavy (non-hydrogen) atoms. The molecule has 0 aliphatic heterocycles. The highest BCUT2D eigenvalue weighted by Crippen LogP contribution is 2.22. The Balaban J connectivity index is 2.77. The molecule has 0 aromatic heterocycles. The van der Waals surface area contributed by atoms with E-state index in [1.54, 1.807) is 6.92 Å². The monoisotopic (exact) mass is 226 g/mol. The zero-order valence-corrected chi connectivity index (χ0v) is 9.23. The van der Waals surface area contributed by atoms with Gasteiger partial charge < -0.3 is 10.1 Å². The van der Waals surface area contributed by atoms with Crippen LogP contribution < -0.4 is 5.32 Å². The molecule has 6 heteroatoms. The summed E-state index contributed by atoms with van der Waals surface area (Å²) in [5, 5.41) is 13.2. The number of methoxy groups -OCH3 is 1. The standard InChI is InChI=1S/C10H14N2O4/c1-3-9(13)11-10(16-2)6-4-8(5-7-10)12(14)15/h4-6H,3,7H2,1-2H3,(H,11,13). The summed E-state index contributed by atoms with van der Waals surface area (Å²) in [5.41, 5.74) is -0.939. The van der Waals surface area contributed by atoms with E-state index >= 15 is 0 Å². The minimum atomic E-state index is -0.952. The number of nitrogens with zero attached hydrogens (tertiary/aromatic N) is 1. The average Bonchev–Trinajstić information content (AvgIpc) is 2.29. The van der Waals surface area contributed by atoms with Crippen LogP contribution >= 0.6 is 0 Å². The summed E-state index contributed by atoms with van der Waals surface area (Å²) in [6.07, 6.45) is 4.86. The molecule has 0 heterocycles. The Labute approximate surface area is 93.1 Å². The molecule has 1 N–H and O–H groups in total. The number of rotatable bonds is 4. The number of carbonyl (C=O) groups excluding carboxylic acids is 1. The van der Waals surface area contributed by atoms with Gasteiger partial charge in [-0.15, -0.1) is 0 Å². The van der Waals surface area contributed by atoms with E-state index in [2.05, 4.69) is 5.32 Å². The van der Waals surface area contributed by atoms with Crippen LogP contribution in [0.1, 0.15) is 19.8 Å². The first-order valence-electron chi connectivity index (χ1n) is 4.93. The molecule has 0 spiro atoms. The Kier molecular flexibility index (Phi) is 3.78. The molecule has 0 fully saturated rings. The number of ether oxygens (including phenoxy) is 1. The van der Waals surface area contributed by atoms with Crippen LogP contribution in [0.3, 0.4) is 0 Å². The highest BCUT2D eigenvalue weighted by molar-refractivity contribution is 5.76. The van der Waals surface area contributed by atoms with E-state index in [-0.39, 0.29) is 18.0 Å². The number of allylic oxidation sites excluding steroid dienone is 1. The van der Waals surface area contributed by atoms with Gasteiger partial charge in [-0.05, 0) is 12.2 Å². The third-order valence-electron chi connectivity index (χ3n) is 2.38. The first-order valence-corrected chi connectivity index (χ1v) is 4.93. The van der Waals surface area contributed by atoms with Crippen LogP contribution in [0, 0.1) is 10.1 Å². The highest BCUT2D eigenvalue weighted by atomic mass is 16.6. The van der Waals surface area contributed by atoms with Gasteiger partial charge in [0.25, 0.3) is 5.70 Å². The molecule has 1 unspecified atom stereocenters. The molecular weight excluding hydrogens is 212 g/mol. The Bertz CT molecular complexity index is 362. The van der Waals surface area contributed by atoms with Gasteiger partial charge in [0.2, 0.25) is 5.91 Å². The lowest BCUT2D eigenvalue weighted by Gasteiger charge is -2.30. The minimum absolute atomic E-state index is 0.0124. The van der Waals surface area contributed by atoms with Crippen molar-refractivity contribution in [1.82, 2.24) is 5.32 Å². The quantitative estimate of drug-likeness (QED) is 0.440. The summed E-state index contributed by atoms with van der Waals surface area (Å²) >= 11 is 0. The van der Waals surface area contributed by atoms with Crippen molar-refractivity contribution in [3.8, 4) is 0 Å². The average molecular weight is 226 g/mol. The minimum Gasteiger partial charge on any atom is -0.355 e. The van der Waals surface area contributed by atoms with Gasteiger partial charge in [0.15, 0.2) is 5.72 Å². The molecule has 6 nitrogen and oxygen atoms in total. The molecule has 1 amide bonds. The van der Waals surface area contributed by atoms with Crippen LogP contribution in [0.25, 0.3) is 0 Å². The lowest BCUT2D eigenvalue weighted by molar-refractivity contribution is -0.419. The zero-order valence-electron chi connectivity index (χ0n) is 9.23. The first-order chi connectivity index (χ1) is 7.53. The molecule has 0 saturated heterocycles. The number of hydrogen-bond donors (Lipinski definition) is 1. The Hall–Kier alpha value is -1.69. The van der Waals surface area contributed by atoms with Crippen LogP contribution in [0.2, 0.25) is 0 Å². The molecule has 0 saturated carbocycles. The smallest absolute Gasteiger partial charge is 0.265 e. The normalized spacial score (nSPS) is 23.8. The fourth-order valence-electron chi connectivity index (χ4n) is 1.37. The van der Waals surface area contributed by atoms with E-state index in [9.17, 15) is 14.9 Å². The number of carbonyl (C=O) groups is 1. The van der Waals surface area contributed by atoms with Crippen molar-refractivity contribution in [2.24, 2.45) is 0 Å². The first kappa shape index (κ1) is 12.4. The molecule has 0 radical (unpaired) electrons. The van der Waals surface area contributed by atoms with E-state index in [0.29, 0.717) is 6.42 Å². The molecule has 1 atom stereocenters. The van der Waals surface area contributed by atoms with Crippen molar-refractivity contribution < 1.29 is 14.5 Å². The number of nitro groups is 1. The predicted octanol–water partition coefficient (Wildman–Crippen LogP) is 0.976. The van der Waals surface area contributed by atoms with Crippen molar-refractivity contribution in [3.05, 3.63) is 34.0 Å². The van der Waals surface area contributed by atoms with Crippen LogP contribution in [-0.4, -0.2) is 23.7 Å². The molecule has 1 aliphatic rings. The summed E-state index contributed by atoms with van der Waals surface area (Å²) in [7, 11) is 1.45. The van der Waals surface area contributed by atoms with Gasteiger partial charge in [-0.25, -0.2) is 0 Å². The number of amides is 1. The van der Waals surface area contributed by atoms with Crippen molar-refractivity contribution in [2.75, 3.05) is 7.11 Å². The largest absolute Gasteiger partial charge is 0.355 e. The summed E-state index contributed by atoms with van der Waals surface area (Å²) in [4.78, 5) is 21.3. The second kappa shape index (κ2) is 4.89. The SMILES string of the molecule is CCC(=O)NC1(OC)C=CC([N+](=O)[O-])=CC1. The van der Waals surface area contributed by atoms with Crippen molar-refractivity contribution in [3.63, 3.8) is 0 Å². The van der Waals surface area contributed by atoms with Gasteiger partial charge in [-0.3, -0.25) is 14.9 Å². The van der Waals surface area contributed by atoms with Crippen molar-refractivity contribution in [1.29, 1.82) is 0 Å². The summed E-state index contributed by atoms with van der Waals surface area (Å²) in [6, 6.07) is 0. The molecule has 0 aromatic rings. The molecule has 1 rings (SSSR count). The number of hydrogen-bond acceptors (Lipinski definition) is 4. The lowest BCUT2D eigenvalue weighted by Crippen LogP contribution is -2.48. The van der Waals surface area contributed by atoms with Gasteiger partial charge in [0, 0.05) is 26.0 Å².